The minimum Gasteiger partial charge on any atom is -0.497 e. The molecule has 2 fully saturated rings. The monoisotopic (exact) mass is 443 g/mol. The summed E-state index contributed by atoms with van der Waals surface area (Å²) >= 11 is 0. The van der Waals surface area contributed by atoms with Crippen LogP contribution in [0.25, 0.3) is 21.9 Å². The molecule has 7 nitrogen and oxygen atoms in total. The van der Waals surface area contributed by atoms with Gasteiger partial charge in [0.05, 0.1) is 23.8 Å². The van der Waals surface area contributed by atoms with Crippen molar-refractivity contribution in [1.29, 1.82) is 0 Å². The molecule has 1 N–H and O–H groups in total. The average Bonchev–Trinajstić information content (AvgIpc) is 3.55. The number of methoxy groups -OCH3 is 1. The number of nitrogens with one attached hydrogen (secondary N) is 1. The zero-order valence-electron chi connectivity index (χ0n) is 19.4. The van der Waals surface area contributed by atoms with E-state index in [-0.39, 0.29) is 5.91 Å². The molecule has 170 valence electrons. The number of carbonyl (C=O) groups is 1. The molecule has 1 saturated heterocycles. The zero-order chi connectivity index (χ0) is 22.7. The molecule has 4 heterocycles. The van der Waals surface area contributed by atoms with Crippen molar-refractivity contribution >= 4 is 27.8 Å². The summed E-state index contributed by atoms with van der Waals surface area (Å²) in [5.74, 6) is 1.89. The number of pyridine rings is 1. The number of likely N-dealkylation sites (tertiary alicyclic amines) is 1. The van der Waals surface area contributed by atoms with Crippen LogP contribution in [0.4, 0.5) is 0 Å². The van der Waals surface area contributed by atoms with Gasteiger partial charge in [-0.05, 0) is 68.4 Å². The Morgan fingerprint density at radius 3 is 2.64 bits per heavy atom. The number of amides is 1. The van der Waals surface area contributed by atoms with E-state index in [2.05, 4.69) is 28.4 Å². The lowest BCUT2D eigenvalue weighted by Gasteiger charge is -2.32. The van der Waals surface area contributed by atoms with Gasteiger partial charge in [0, 0.05) is 48.8 Å². The summed E-state index contributed by atoms with van der Waals surface area (Å²) < 4.78 is 7.24. The van der Waals surface area contributed by atoms with Gasteiger partial charge in [-0.25, -0.2) is 4.98 Å². The van der Waals surface area contributed by atoms with Gasteiger partial charge in [-0.15, -0.1) is 0 Å². The van der Waals surface area contributed by atoms with Gasteiger partial charge < -0.3 is 14.6 Å². The van der Waals surface area contributed by atoms with Gasteiger partial charge in [-0.1, -0.05) is 0 Å². The van der Waals surface area contributed by atoms with Crippen LogP contribution in [0.2, 0.25) is 0 Å². The lowest BCUT2D eigenvalue weighted by Crippen LogP contribution is -2.38. The van der Waals surface area contributed by atoms with Crippen LogP contribution in [0.5, 0.6) is 5.75 Å². The van der Waals surface area contributed by atoms with Crippen molar-refractivity contribution in [2.45, 2.75) is 44.4 Å². The summed E-state index contributed by atoms with van der Waals surface area (Å²) in [7, 11) is 3.61. The molecule has 0 spiro atoms. The Hall–Kier alpha value is -3.35. The van der Waals surface area contributed by atoms with Crippen molar-refractivity contribution < 1.29 is 9.53 Å². The Labute approximate surface area is 192 Å². The average molecular weight is 444 g/mol. The first-order valence-electron chi connectivity index (χ1n) is 11.8. The number of piperidine rings is 1. The summed E-state index contributed by atoms with van der Waals surface area (Å²) in [5.41, 5.74) is 5.94. The van der Waals surface area contributed by atoms with E-state index in [1.807, 2.05) is 35.7 Å². The van der Waals surface area contributed by atoms with Crippen LogP contribution < -0.4 is 4.74 Å². The number of fused-ring (bicyclic) bond motifs is 2. The maximum atomic E-state index is 13.7. The minimum atomic E-state index is 0.111. The van der Waals surface area contributed by atoms with E-state index < -0.39 is 0 Å². The van der Waals surface area contributed by atoms with E-state index in [4.69, 9.17) is 9.72 Å². The molecule has 6 rings (SSSR count). The molecule has 4 aromatic rings. The summed E-state index contributed by atoms with van der Waals surface area (Å²) in [6.45, 7) is 3.47. The van der Waals surface area contributed by atoms with Gasteiger partial charge in [0.1, 0.15) is 5.75 Å². The van der Waals surface area contributed by atoms with Crippen molar-refractivity contribution in [3.63, 3.8) is 0 Å². The molecule has 7 heteroatoms. The third kappa shape index (κ3) is 3.37. The number of aromatic nitrogens is 4. The standard InChI is InChI=1S/C26H29N5O2/c1-15-24-20(13-23(17-4-5-17)28-25(24)30(2)29-15)26(32)31-10-8-16(9-11-31)21-14-27-22-7-6-18(33-3)12-19(21)22/h6-7,12-14,16-17,27H,4-5,8-11H2,1-3H3. The molecule has 3 aromatic heterocycles. The summed E-state index contributed by atoms with van der Waals surface area (Å²) in [6, 6.07) is 8.19. The van der Waals surface area contributed by atoms with Crippen LogP contribution in [-0.4, -0.2) is 50.8 Å². The number of aromatic amines is 1. The molecule has 2 aliphatic rings. The van der Waals surface area contributed by atoms with E-state index in [0.29, 0.717) is 11.8 Å². The van der Waals surface area contributed by atoms with Crippen LogP contribution >= 0.6 is 0 Å². The van der Waals surface area contributed by atoms with E-state index in [1.54, 1.807) is 7.11 Å². The first-order chi connectivity index (χ1) is 16.0. The molecule has 1 aliphatic carbocycles. The Morgan fingerprint density at radius 1 is 1.12 bits per heavy atom. The number of rotatable bonds is 4. The van der Waals surface area contributed by atoms with Gasteiger partial charge in [0.2, 0.25) is 0 Å². The molecule has 0 bridgehead atoms. The fraction of sp³-hybridized carbons (Fsp3) is 0.423. The number of aryl methyl sites for hydroxylation is 2. The van der Waals surface area contributed by atoms with Crippen LogP contribution in [-0.2, 0) is 7.05 Å². The molecule has 0 unspecified atom stereocenters. The van der Waals surface area contributed by atoms with Gasteiger partial charge in [0.25, 0.3) is 5.91 Å². The number of H-pyrrole nitrogens is 1. The van der Waals surface area contributed by atoms with Crippen molar-refractivity contribution in [3.05, 3.63) is 53.0 Å². The Bertz CT molecular complexity index is 1370. The Morgan fingerprint density at radius 2 is 1.91 bits per heavy atom. The summed E-state index contributed by atoms with van der Waals surface area (Å²) in [6.07, 6.45) is 6.34. The van der Waals surface area contributed by atoms with Crippen molar-refractivity contribution in [2.24, 2.45) is 7.05 Å². The van der Waals surface area contributed by atoms with E-state index >= 15 is 0 Å². The zero-order valence-corrected chi connectivity index (χ0v) is 19.4. The highest BCUT2D eigenvalue weighted by molar-refractivity contribution is 6.06. The second-order valence-electron chi connectivity index (χ2n) is 9.50. The maximum Gasteiger partial charge on any atom is 0.254 e. The number of ether oxygens (including phenoxy) is 1. The lowest BCUT2D eigenvalue weighted by molar-refractivity contribution is 0.0715. The third-order valence-electron chi connectivity index (χ3n) is 7.36. The Kier molecular flexibility index (Phi) is 4.67. The molecule has 1 aliphatic heterocycles. The van der Waals surface area contributed by atoms with E-state index in [0.717, 1.165) is 78.0 Å². The highest BCUT2D eigenvalue weighted by Gasteiger charge is 2.31. The topological polar surface area (TPSA) is 76.0 Å². The van der Waals surface area contributed by atoms with E-state index in [9.17, 15) is 4.79 Å². The fourth-order valence-electron chi connectivity index (χ4n) is 5.37. The van der Waals surface area contributed by atoms with Crippen molar-refractivity contribution in [2.75, 3.05) is 20.2 Å². The molecule has 0 radical (unpaired) electrons. The second-order valence-corrected chi connectivity index (χ2v) is 9.50. The highest BCUT2D eigenvalue weighted by Crippen LogP contribution is 2.41. The summed E-state index contributed by atoms with van der Waals surface area (Å²) in [5, 5.41) is 6.68. The lowest BCUT2D eigenvalue weighted by atomic mass is 9.89. The quantitative estimate of drug-likeness (QED) is 0.498. The van der Waals surface area contributed by atoms with Crippen LogP contribution in [0.15, 0.2) is 30.5 Å². The van der Waals surface area contributed by atoms with Gasteiger partial charge in [0.15, 0.2) is 5.65 Å². The fourth-order valence-corrected chi connectivity index (χ4v) is 5.37. The maximum absolute atomic E-state index is 13.7. The molecule has 0 atom stereocenters. The van der Waals surface area contributed by atoms with E-state index in [1.165, 1.54) is 10.9 Å². The van der Waals surface area contributed by atoms with Crippen molar-refractivity contribution in [3.8, 4) is 5.75 Å². The molecule has 33 heavy (non-hydrogen) atoms. The van der Waals surface area contributed by atoms with Gasteiger partial charge >= 0.3 is 0 Å². The first kappa shape index (κ1) is 20.3. The minimum absolute atomic E-state index is 0.111. The molecule has 1 amide bonds. The number of hydrogen-bond acceptors (Lipinski definition) is 4. The first-order valence-corrected chi connectivity index (χ1v) is 11.8. The van der Waals surface area contributed by atoms with Gasteiger partial charge in [-0.3, -0.25) is 9.48 Å². The second kappa shape index (κ2) is 7.61. The third-order valence-corrected chi connectivity index (χ3v) is 7.36. The van der Waals surface area contributed by atoms with Crippen LogP contribution in [0.1, 0.15) is 64.8 Å². The predicted molar refractivity (Wildman–Crippen MR) is 128 cm³/mol. The molecular formula is C26H29N5O2. The smallest absolute Gasteiger partial charge is 0.254 e. The number of benzene rings is 1. The highest BCUT2D eigenvalue weighted by atomic mass is 16.5. The molecule has 1 aromatic carbocycles. The number of carbonyl (C=O) groups excluding carboxylic acids is 1. The van der Waals surface area contributed by atoms with Crippen LogP contribution in [0, 0.1) is 6.92 Å². The normalized spacial score (nSPS) is 17.2. The van der Waals surface area contributed by atoms with Gasteiger partial charge in [-0.2, -0.15) is 5.10 Å². The molecular weight excluding hydrogens is 414 g/mol. The molecule has 1 saturated carbocycles. The predicted octanol–water partition coefficient (Wildman–Crippen LogP) is 4.66. The Balaban J connectivity index is 1.27. The number of nitrogens with zero attached hydrogens (tertiary/aromatic N) is 4. The summed E-state index contributed by atoms with van der Waals surface area (Å²) in [4.78, 5) is 24.0. The van der Waals surface area contributed by atoms with Crippen molar-refractivity contribution in [1.82, 2.24) is 24.6 Å². The van der Waals surface area contributed by atoms with Crippen LogP contribution in [0.3, 0.4) is 0 Å². The number of hydrogen-bond donors (Lipinski definition) is 1. The largest absolute Gasteiger partial charge is 0.497 e. The SMILES string of the molecule is COc1ccc2[nH]cc(C3CCN(C(=O)c4cc(C5CC5)nc5c4c(C)nn5C)CC3)c2c1.